The lowest BCUT2D eigenvalue weighted by Crippen LogP contribution is -2.11. The van der Waals surface area contributed by atoms with Gasteiger partial charge in [-0.15, -0.1) is 0 Å². The zero-order valence-electron chi connectivity index (χ0n) is 12.8. The number of aromatic nitrogens is 1. The fourth-order valence-electron chi connectivity index (χ4n) is 2.17. The molecule has 5 nitrogen and oxygen atoms in total. The van der Waals surface area contributed by atoms with E-state index in [-0.39, 0.29) is 12.5 Å². The third-order valence-electron chi connectivity index (χ3n) is 3.35. The number of aliphatic hydroxyl groups excluding tert-OH is 1. The standard InChI is InChI=1S/C19H16N2O3/c22-13-14-3-1-4-16(11-14)21-19(23)15-6-8-17(9-7-15)24-18-5-2-10-20-12-18/h1-12,22H,13H2,(H,21,23). The van der Waals surface area contributed by atoms with E-state index in [1.54, 1.807) is 67.0 Å². The number of aliphatic hydroxyl groups is 1. The smallest absolute Gasteiger partial charge is 0.255 e. The lowest BCUT2D eigenvalue weighted by Gasteiger charge is -2.08. The Labute approximate surface area is 139 Å². The molecule has 3 aromatic rings. The molecule has 0 radical (unpaired) electrons. The molecule has 0 atom stereocenters. The molecule has 24 heavy (non-hydrogen) atoms. The summed E-state index contributed by atoms with van der Waals surface area (Å²) in [4.78, 5) is 16.2. The summed E-state index contributed by atoms with van der Waals surface area (Å²) in [7, 11) is 0. The van der Waals surface area contributed by atoms with Crippen LogP contribution in [0.3, 0.4) is 0 Å². The first-order valence-electron chi connectivity index (χ1n) is 7.44. The van der Waals surface area contributed by atoms with Crippen LogP contribution in [0.15, 0.2) is 73.1 Å². The molecule has 5 heteroatoms. The molecular weight excluding hydrogens is 304 g/mol. The maximum atomic E-state index is 12.3. The topological polar surface area (TPSA) is 71.5 Å². The van der Waals surface area contributed by atoms with Gasteiger partial charge in [-0.25, -0.2) is 0 Å². The Morgan fingerprint density at radius 1 is 1.04 bits per heavy atom. The Morgan fingerprint density at radius 2 is 1.88 bits per heavy atom. The largest absolute Gasteiger partial charge is 0.456 e. The Hall–Kier alpha value is -3.18. The number of pyridine rings is 1. The first-order valence-corrected chi connectivity index (χ1v) is 7.44. The molecule has 2 N–H and O–H groups in total. The predicted molar refractivity (Wildman–Crippen MR) is 91.1 cm³/mol. The van der Waals surface area contributed by atoms with Gasteiger partial charge in [-0.1, -0.05) is 12.1 Å². The van der Waals surface area contributed by atoms with Gasteiger partial charge in [0.25, 0.3) is 5.91 Å². The van der Waals surface area contributed by atoms with Crippen LogP contribution in [-0.2, 0) is 6.61 Å². The summed E-state index contributed by atoms with van der Waals surface area (Å²) < 4.78 is 5.64. The zero-order valence-corrected chi connectivity index (χ0v) is 12.8. The van der Waals surface area contributed by atoms with Crippen molar-refractivity contribution in [2.75, 3.05) is 5.32 Å². The number of hydrogen-bond donors (Lipinski definition) is 2. The molecule has 0 aliphatic heterocycles. The highest BCUT2D eigenvalue weighted by Gasteiger charge is 2.07. The summed E-state index contributed by atoms with van der Waals surface area (Å²) in [6, 6.07) is 17.5. The number of rotatable bonds is 5. The van der Waals surface area contributed by atoms with Crippen LogP contribution >= 0.6 is 0 Å². The molecule has 120 valence electrons. The zero-order chi connectivity index (χ0) is 16.8. The first kappa shape index (κ1) is 15.7. The van der Waals surface area contributed by atoms with Gasteiger partial charge >= 0.3 is 0 Å². The quantitative estimate of drug-likeness (QED) is 0.753. The average Bonchev–Trinajstić information content (AvgIpc) is 2.63. The summed E-state index contributed by atoms with van der Waals surface area (Å²) in [5.74, 6) is 1.04. The van der Waals surface area contributed by atoms with E-state index in [9.17, 15) is 4.79 Å². The van der Waals surface area contributed by atoms with Gasteiger partial charge in [-0.05, 0) is 54.1 Å². The molecular formula is C19H16N2O3. The SMILES string of the molecule is O=C(Nc1cccc(CO)c1)c1ccc(Oc2cccnc2)cc1. The average molecular weight is 320 g/mol. The number of benzene rings is 2. The van der Waals surface area contributed by atoms with Crippen molar-refractivity contribution in [1.82, 2.24) is 4.98 Å². The molecule has 1 heterocycles. The Balaban J connectivity index is 1.67. The van der Waals surface area contributed by atoms with Crippen LogP contribution < -0.4 is 10.1 Å². The van der Waals surface area contributed by atoms with Crippen molar-refractivity contribution in [2.24, 2.45) is 0 Å². The van der Waals surface area contributed by atoms with Crippen molar-refractivity contribution < 1.29 is 14.6 Å². The predicted octanol–water partition coefficient (Wildman–Crippen LogP) is 3.62. The van der Waals surface area contributed by atoms with Gasteiger partial charge in [0.05, 0.1) is 12.8 Å². The number of nitrogens with zero attached hydrogens (tertiary/aromatic N) is 1. The number of anilines is 1. The van der Waals surface area contributed by atoms with Crippen LogP contribution in [0.25, 0.3) is 0 Å². The maximum absolute atomic E-state index is 12.3. The van der Waals surface area contributed by atoms with E-state index in [1.807, 2.05) is 6.07 Å². The van der Waals surface area contributed by atoms with Crippen molar-refractivity contribution >= 4 is 11.6 Å². The molecule has 0 aliphatic carbocycles. The molecule has 0 unspecified atom stereocenters. The molecule has 0 aliphatic rings. The monoisotopic (exact) mass is 320 g/mol. The molecule has 1 aromatic heterocycles. The van der Waals surface area contributed by atoms with Crippen LogP contribution in [0.4, 0.5) is 5.69 Å². The van der Waals surface area contributed by atoms with Gasteiger partial charge < -0.3 is 15.2 Å². The number of carbonyl (C=O) groups is 1. The lowest BCUT2D eigenvalue weighted by atomic mass is 10.1. The van der Waals surface area contributed by atoms with Crippen molar-refractivity contribution in [3.63, 3.8) is 0 Å². The van der Waals surface area contributed by atoms with Crippen molar-refractivity contribution in [3.05, 3.63) is 84.2 Å². The highest BCUT2D eigenvalue weighted by molar-refractivity contribution is 6.04. The van der Waals surface area contributed by atoms with Crippen molar-refractivity contribution in [2.45, 2.75) is 6.61 Å². The summed E-state index contributed by atoms with van der Waals surface area (Å²) in [6.07, 6.45) is 3.29. The molecule has 0 fully saturated rings. The van der Waals surface area contributed by atoms with Crippen molar-refractivity contribution in [1.29, 1.82) is 0 Å². The van der Waals surface area contributed by atoms with Gasteiger partial charge in [0.1, 0.15) is 11.5 Å². The number of ether oxygens (including phenoxy) is 1. The summed E-state index contributed by atoms with van der Waals surface area (Å²) >= 11 is 0. The molecule has 3 rings (SSSR count). The molecule has 2 aromatic carbocycles. The fourth-order valence-corrected chi connectivity index (χ4v) is 2.17. The minimum atomic E-state index is -0.224. The van der Waals surface area contributed by atoms with E-state index >= 15 is 0 Å². The van der Waals surface area contributed by atoms with Crippen molar-refractivity contribution in [3.8, 4) is 11.5 Å². The van der Waals surface area contributed by atoms with Crippen LogP contribution in [0.5, 0.6) is 11.5 Å². The number of carbonyl (C=O) groups excluding carboxylic acids is 1. The van der Waals surface area contributed by atoms with E-state index in [4.69, 9.17) is 9.84 Å². The van der Waals surface area contributed by atoms with Crippen LogP contribution in [-0.4, -0.2) is 16.0 Å². The Bertz CT molecular complexity index is 818. The summed E-state index contributed by atoms with van der Waals surface area (Å²) in [5.41, 5.74) is 1.90. The van der Waals surface area contributed by atoms with E-state index in [0.29, 0.717) is 22.7 Å². The third kappa shape index (κ3) is 3.97. The maximum Gasteiger partial charge on any atom is 0.255 e. The summed E-state index contributed by atoms with van der Waals surface area (Å²) in [5, 5.41) is 11.9. The van der Waals surface area contributed by atoms with Gasteiger partial charge in [-0.2, -0.15) is 0 Å². The fraction of sp³-hybridized carbons (Fsp3) is 0.0526. The molecule has 0 saturated carbocycles. The minimum Gasteiger partial charge on any atom is -0.456 e. The van der Waals surface area contributed by atoms with Crippen LogP contribution in [0.1, 0.15) is 15.9 Å². The molecule has 0 bridgehead atoms. The van der Waals surface area contributed by atoms with E-state index < -0.39 is 0 Å². The third-order valence-corrected chi connectivity index (χ3v) is 3.35. The second-order valence-electron chi connectivity index (χ2n) is 5.13. The van der Waals surface area contributed by atoms with Crippen LogP contribution in [0.2, 0.25) is 0 Å². The van der Waals surface area contributed by atoms with Crippen LogP contribution in [0, 0.1) is 0 Å². The van der Waals surface area contributed by atoms with Gasteiger partial charge in [0.2, 0.25) is 0 Å². The summed E-state index contributed by atoms with van der Waals surface area (Å²) in [6.45, 7) is -0.0654. The number of nitrogens with one attached hydrogen (secondary N) is 1. The Kier molecular flexibility index (Phi) is 4.84. The molecule has 0 saturated heterocycles. The van der Waals surface area contributed by atoms with Gasteiger partial charge in [0, 0.05) is 17.4 Å². The highest BCUT2D eigenvalue weighted by Crippen LogP contribution is 2.21. The van der Waals surface area contributed by atoms with E-state index in [0.717, 1.165) is 5.56 Å². The second kappa shape index (κ2) is 7.39. The van der Waals surface area contributed by atoms with E-state index in [1.165, 1.54) is 0 Å². The van der Waals surface area contributed by atoms with Gasteiger partial charge in [-0.3, -0.25) is 9.78 Å². The minimum absolute atomic E-state index is 0.0654. The number of hydrogen-bond acceptors (Lipinski definition) is 4. The Morgan fingerprint density at radius 3 is 2.58 bits per heavy atom. The van der Waals surface area contributed by atoms with Gasteiger partial charge in [0.15, 0.2) is 0 Å². The van der Waals surface area contributed by atoms with E-state index in [2.05, 4.69) is 10.3 Å². The first-order chi connectivity index (χ1) is 11.7. The highest BCUT2D eigenvalue weighted by atomic mass is 16.5. The normalized spacial score (nSPS) is 10.2. The lowest BCUT2D eigenvalue weighted by molar-refractivity contribution is 0.102. The second-order valence-corrected chi connectivity index (χ2v) is 5.13. The molecule has 1 amide bonds. The number of amides is 1. The molecule has 0 spiro atoms.